The molecule has 0 bridgehead atoms. The molecule has 9 heteroatoms. The van der Waals surface area contributed by atoms with Crippen LogP contribution in [-0.2, 0) is 5.60 Å². The number of fused-ring (bicyclic) bond motifs is 2. The number of hydrogen-bond donors (Lipinski definition) is 1. The van der Waals surface area contributed by atoms with Crippen LogP contribution in [0.25, 0.3) is 16.6 Å². The summed E-state index contributed by atoms with van der Waals surface area (Å²) in [7, 11) is 0. The molecule has 0 amide bonds. The molecule has 33 heavy (non-hydrogen) atoms. The van der Waals surface area contributed by atoms with Crippen molar-refractivity contribution in [3.8, 4) is 5.69 Å². The second kappa shape index (κ2) is 7.74. The predicted octanol–water partition coefficient (Wildman–Crippen LogP) is 5.42. The number of β-amino-alcohol motifs (C(OH)–C–C–N with tert-alkyl or cyclic N) is 1. The standard InChI is InChI=1S/C24H18ClF4N3O/c25-20-2-1-3-22-19(20)10-11-31(22)14-23(33,24(27,28)29)16-4-9-21-15(12-16)13-30-32(21)18-7-5-17(26)6-8-18/h1-13,19,22,33H,14H2/t19-,22?,23?/m0/s1. The average Bonchev–Trinajstić information content (AvgIpc) is 3.38. The Morgan fingerprint density at radius 3 is 2.55 bits per heavy atom. The largest absolute Gasteiger partial charge is 0.423 e. The van der Waals surface area contributed by atoms with Gasteiger partial charge in [-0.1, -0.05) is 35.9 Å². The SMILES string of the molecule is OC(CN1C=C[C@H]2C(Cl)=CC=CC21)(c1ccc2c(cnn2-c2ccc(F)cc2)c1)C(F)(F)F. The zero-order valence-electron chi connectivity index (χ0n) is 17.0. The second-order valence-corrected chi connectivity index (χ2v) is 8.57. The molecule has 1 aromatic heterocycles. The van der Waals surface area contributed by atoms with Gasteiger partial charge < -0.3 is 10.0 Å². The van der Waals surface area contributed by atoms with Crippen molar-refractivity contribution in [1.82, 2.24) is 14.7 Å². The summed E-state index contributed by atoms with van der Waals surface area (Å²) in [6.07, 6.45) is 4.94. The molecule has 3 atom stereocenters. The van der Waals surface area contributed by atoms with Crippen molar-refractivity contribution in [3.63, 3.8) is 0 Å². The normalized spacial score (nSPS) is 21.9. The van der Waals surface area contributed by atoms with Gasteiger partial charge in [-0.2, -0.15) is 18.3 Å². The maximum absolute atomic E-state index is 14.2. The summed E-state index contributed by atoms with van der Waals surface area (Å²) in [4.78, 5) is 1.45. The average molecular weight is 476 g/mol. The minimum absolute atomic E-state index is 0.245. The van der Waals surface area contributed by atoms with E-state index in [4.69, 9.17) is 11.6 Å². The molecule has 170 valence electrons. The van der Waals surface area contributed by atoms with E-state index in [-0.39, 0.29) is 11.5 Å². The smallest absolute Gasteiger partial charge is 0.375 e. The molecular formula is C24H18ClF4N3O. The van der Waals surface area contributed by atoms with Crippen molar-refractivity contribution in [2.45, 2.75) is 17.8 Å². The van der Waals surface area contributed by atoms with Gasteiger partial charge >= 0.3 is 6.18 Å². The Balaban J connectivity index is 1.51. The zero-order chi connectivity index (χ0) is 23.4. The van der Waals surface area contributed by atoms with E-state index in [1.807, 2.05) is 0 Å². The molecule has 5 rings (SSSR count). The number of benzene rings is 2. The highest BCUT2D eigenvalue weighted by atomic mass is 35.5. The first-order valence-electron chi connectivity index (χ1n) is 10.2. The Morgan fingerprint density at radius 1 is 1.06 bits per heavy atom. The fraction of sp³-hybridized carbons (Fsp3) is 0.208. The van der Waals surface area contributed by atoms with Gasteiger partial charge in [-0.05, 0) is 54.2 Å². The lowest BCUT2D eigenvalue weighted by atomic mass is 9.90. The number of aliphatic hydroxyl groups is 1. The summed E-state index contributed by atoms with van der Waals surface area (Å²) < 4.78 is 57.5. The van der Waals surface area contributed by atoms with Crippen molar-refractivity contribution < 1.29 is 22.7 Å². The summed E-state index contributed by atoms with van der Waals surface area (Å²) in [5.41, 5.74) is -2.32. The topological polar surface area (TPSA) is 41.3 Å². The molecule has 1 aliphatic heterocycles. The quantitative estimate of drug-likeness (QED) is 0.512. The molecule has 2 aliphatic rings. The Hall–Kier alpha value is -3.10. The number of allylic oxidation sites excluding steroid dienone is 2. The van der Waals surface area contributed by atoms with E-state index < -0.39 is 30.2 Å². The van der Waals surface area contributed by atoms with Crippen LogP contribution in [0.5, 0.6) is 0 Å². The minimum atomic E-state index is -4.93. The zero-order valence-corrected chi connectivity index (χ0v) is 17.8. The highest BCUT2D eigenvalue weighted by Crippen LogP contribution is 2.43. The van der Waals surface area contributed by atoms with E-state index in [1.165, 1.54) is 58.2 Å². The van der Waals surface area contributed by atoms with Crippen LogP contribution < -0.4 is 0 Å². The van der Waals surface area contributed by atoms with Crippen molar-refractivity contribution in [3.05, 3.63) is 95.6 Å². The van der Waals surface area contributed by atoms with E-state index in [0.29, 0.717) is 21.6 Å². The molecule has 2 heterocycles. The van der Waals surface area contributed by atoms with Gasteiger partial charge in [0.15, 0.2) is 0 Å². The fourth-order valence-corrected chi connectivity index (χ4v) is 4.60. The summed E-state index contributed by atoms with van der Waals surface area (Å²) in [6.45, 7) is -0.694. The van der Waals surface area contributed by atoms with E-state index in [2.05, 4.69) is 5.10 Å². The minimum Gasteiger partial charge on any atom is -0.375 e. The molecular weight excluding hydrogens is 458 g/mol. The maximum Gasteiger partial charge on any atom is 0.423 e. The lowest BCUT2D eigenvalue weighted by Crippen LogP contribution is -2.51. The molecule has 1 N–H and O–H groups in total. The highest BCUT2D eigenvalue weighted by Gasteiger charge is 2.56. The van der Waals surface area contributed by atoms with Crippen molar-refractivity contribution in [1.29, 1.82) is 0 Å². The van der Waals surface area contributed by atoms with Gasteiger partial charge in [0.2, 0.25) is 5.60 Å². The molecule has 0 radical (unpaired) electrons. The maximum atomic E-state index is 14.2. The van der Waals surface area contributed by atoms with Gasteiger partial charge in [-0.3, -0.25) is 0 Å². The van der Waals surface area contributed by atoms with E-state index in [1.54, 1.807) is 30.5 Å². The van der Waals surface area contributed by atoms with Crippen LogP contribution in [0, 0.1) is 11.7 Å². The van der Waals surface area contributed by atoms with Gasteiger partial charge in [0.05, 0.1) is 30.0 Å². The van der Waals surface area contributed by atoms with Gasteiger partial charge in [0.25, 0.3) is 0 Å². The number of alkyl halides is 3. The summed E-state index contributed by atoms with van der Waals surface area (Å²) in [5, 5.41) is 16.2. The Morgan fingerprint density at radius 2 is 1.82 bits per heavy atom. The number of aromatic nitrogens is 2. The van der Waals surface area contributed by atoms with Gasteiger partial charge in [-0.15, -0.1) is 0 Å². The third-order valence-electron chi connectivity index (χ3n) is 6.12. The summed E-state index contributed by atoms with van der Waals surface area (Å²) in [5.74, 6) is -0.652. The Kier molecular flexibility index (Phi) is 5.10. The predicted molar refractivity (Wildman–Crippen MR) is 117 cm³/mol. The van der Waals surface area contributed by atoms with Crippen molar-refractivity contribution in [2.24, 2.45) is 5.92 Å². The highest BCUT2D eigenvalue weighted by molar-refractivity contribution is 6.30. The molecule has 1 aliphatic carbocycles. The Bertz CT molecular complexity index is 1300. The van der Waals surface area contributed by atoms with Gasteiger partial charge in [0, 0.05) is 16.3 Å². The van der Waals surface area contributed by atoms with Crippen LogP contribution >= 0.6 is 11.6 Å². The van der Waals surface area contributed by atoms with Crippen LogP contribution in [0.2, 0.25) is 0 Å². The first kappa shape index (κ1) is 21.7. The van der Waals surface area contributed by atoms with Gasteiger partial charge in [0.1, 0.15) is 5.82 Å². The molecule has 0 saturated heterocycles. The first-order chi connectivity index (χ1) is 15.7. The van der Waals surface area contributed by atoms with Crippen LogP contribution in [0.4, 0.5) is 17.6 Å². The number of nitrogens with zero attached hydrogens (tertiary/aromatic N) is 3. The van der Waals surface area contributed by atoms with E-state index >= 15 is 0 Å². The molecule has 0 fully saturated rings. The number of rotatable bonds is 4. The third kappa shape index (κ3) is 3.63. The van der Waals surface area contributed by atoms with E-state index in [9.17, 15) is 22.7 Å². The molecule has 0 saturated carbocycles. The van der Waals surface area contributed by atoms with Crippen LogP contribution in [0.3, 0.4) is 0 Å². The second-order valence-electron chi connectivity index (χ2n) is 8.13. The molecule has 2 unspecified atom stereocenters. The van der Waals surface area contributed by atoms with Gasteiger partial charge in [-0.25, -0.2) is 9.07 Å². The molecule has 2 aromatic carbocycles. The summed E-state index contributed by atoms with van der Waals surface area (Å²) in [6, 6.07) is 9.20. The van der Waals surface area contributed by atoms with Crippen LogP contribution in [0.15, 0.2) is 84.2 Å². The lowest BCUT2D eigenvalue weighted by molar-refractivity contribution is -0.270. The fourth-order valence-electron chi connectivity index (χ4n) is 4.33. The Labute approximate surface area is 191 Å². The summed E-state index contributed by atoms with van der Waals surface area (Å²) >= 11 is 6.21. The monoisotopic (exact) mass is 475 g/mol. The molecule has 4 nitrogen and oxygen atoms in total. The lowest BCUT2D eigenvalue weighted by Gasteiger charge is -2.38. The van der Waals surface area contributed by atoms with Crippen molar-refractivity contribution in [2.75, 3.05) is 6.54 Å². The van der Waals surface area contributed by atoms with E-state index in [0.717, 1.165) is 0 Å². The number of halogens is 5. The molecule has 0 spiro atoms. The van der Waals surface area contributed by atoms with Crippen molar-refractivity contribution >= 4 is 22.5 Å². The number of hydrogen-bond acceptors (Lipinski definition) is 3. The molecule has 3 aromatic rings. The third-order valence-corrected chi connectivity index (χ3v) is 6.49. The first-order valence-corrected chi connectivity index (χ1v) is 10.6. The van der Waals surface area contributed by atoms with Crippen LogP contribution in [-0.4, -0.2) is 38.5 Å². The van der Waals surface area contributed by atoms with Crippen LogP contribution in [0.1, 0.15) is 5.56 Å².